The Morgan fingerprint density at radius 1 is 0.731 bits per heavy atom. The zero-order valence-corrected chi connectivity index (χ0v) is 16.0. The molecular weight excluding hydrogens is 433 g/mol. The SMILES string of the molecule is O=S(=O)(NCCNS(=O)(=O)c1ccc(Cl)cc1F)c1ccc(Cl)cc1F. The molecule has 0 heterocycles. The summed E-state index contributed by atoms with van der Waals surface area (Å²) in [5.41, 5.74) is 0. The highest BCUT2D eigenvalue weighted by molar-refractivity contribution is 7.90. The second kappa shape index (κ2) is 8.15. The fraction of sp³-hybridized carbons (Fsp3) is 0.143. The third-order valence-corrected chi connectivity index (χ3v) is 6.53. The van der Waals surface area contributed by atoms with Crippen LogP contribution in [0.25, 0.3) is 0 Å². The first-order chi connectivity index (χ1) is 12.0. The van der Waals surface area contributed by atoms with E-state index in [1.807, 2.05) is 9.44 Å². The quantitative estimate of drug-likeness (QED) is 0.641. The van der Waals surface area contributed by atoms with Crippen LogP contribution in [-0.2, 0) is 20.0 Å². The van der Waals surface area contributed by atoms with E-state index in [4.69, 9.17) is 23.2 Å². The summed E-state index contributed by atoms with van der Waals surface area (Å²) in [4.78, 5) is -1.26. The second-order valence-corrected chi connectivity index (χ2v) is 9.29. The lowest BCUT2D eigenvalue weighted by Crippen LogP contribution is -2.35. The molecule has 0 saturated heterocycles. The lowest BCUT2D eigenvalue weighted by molar-refractivity contribution is 0.548. The number of rotatable bonds is 7. The fourth-order valence-electron chi connectivity index (χ4n) is 1.91. The molecule has 0 bridgehead atoms. The Labute approximate surface area is 159 Å². The van der Waals surface area contributed by atoms with Crippen LogP contribution < -0.4 is 9.44 Å². The van der Waals surface area contributed by atoms with Gasteiger partial charge >= 0.3 is 0 Å². The van der Waals surface area contributed by atoms with Crippen LogP contribution in [-0.4, -0.2) is 29.9 Å². The molecule has 2 N–H and O–H groups in total. The Bertz CT molecular complexity index is 948. The van der Waals surface area contributed by atoms with E-state index in [1.54, 1.807) is 0 Å². The second-order valence-electron chi connectivity index (χ2n) is 4.95. The highest BCUT2D eigenvalue weighted by atomic mass is 35.5. The largest absolute Gasteiger partial charge is 0.243 e. The lowest BCUT2D eigenvalue weighted by Gasteiger charge is -2.10. The molecule has 0 atom stereocenters. The predicted molar refractivity (Wildman–Crippen MR) is 93.2 cm³/mol. The van der Waals surface area contributed by atoms with Gasteiger partial charge in [0.25, 0.3) is 0 Å². The third-order valence-electron chi connectivity index (χ3n) is 3.08. The van der Waals surface area contributed by atoms with Crippen molar-refractivity contribution in [3.05, 3.63) is 58.1 Å². The number of halogens is 4. The van der Waals surface area contributed by atoms with Crippen LogP contribution in [0.5, 0.6) is 0 Å². The normalized spacial score (nSPS) is 12.3. The van der Waals surface area contributed by atoms with Crippen LogP contribution >= 0.6 is 23.2 Å². The van der Waals surface area contributed by atoms with E-state index < -0.39 is 54.6 Å². The van der Waals surface area contributed by atoms with Crippen LogP contribution in [0.4, 0.5) is 8.78 Å². The number of hydrogen-bond acceptors (Lipinski definition) is 4. The molecule has 142 valence electrons. The minimum Gasteiger partial charge on any atom is -0.210 e. The van der Waals surface area contributed by atoms with Crippen molar-refractivity contribution in [1.82, 2.24) is 9.44 Å². The summed E-state index contributed by atoms with van der Waals surface area (Å²) in [6, 6.07) is 6.03. The van der Waals surface area contributed by atoms with E-state index in [0.717, 1.165) is 24.3 Å². The van der Waals surface area contributed by atoms with E-state index >= 15 is 0 Å². The van der Waals surface area contributed by atoms with Crippen molar-refractivity contribution in [1.29, 1.82) is 0 Å². The van der Waals surface area contributed by atoms with Gasteiger partial charge in [0.15, 0.2) is 0 Å². The molecule has 2 rings (SSSR count). The molecule has 0 radical (unpaired) electrons. The van der Waals surface area contributed by atoms with Gasteiger partial charge in [-0.1, -0.05) is 23.2 Å². The van der Waals surface area contributed by atoms with Gasteiger partial charge in [-0.3, -0.25) is 0 Å². The Balaban J connectivity index is 2.01. The van der Waals surface area contributed by atoms with Gasteiger partial charge in [0, 0.05) is 23.1 Å². The topological polar surface area (TPSA) is 92.3 Å². The van der Waals surface area contributed by atoms with Crippen molar-refractivity contribution in [2.24, 2.45) is 0 Å². The minimum atomic E-state index is -4.21. The standard InChI is InChI=1S/C14H12Cl2F2N2O4S2/c15-9-1-3-13(11(17)7-9)25(21,22)19-5-6-20-26(23,24)14-4-2-10(16)8-12(14)18/h1-4,7-8,19-20H,5-6H2. The molecule has 0 unspecified atom stereocenters. The molecule has 6 nitrogen and oxygen atoms in total. The molecule has 0 saturated carbocycles. The minimum absolute atomic E-state index is 0.0270. The number of benzene rings is 2. The van der Waals surface area contributed by atoms with Gasteiger partial charge in [0.1, 0.15) is 21.4 Å². The zero-order valence-electron chi connectivity index (χ0n) is 12.8. The first kappa shape index (κ1) is 21.0. The van der Waals surface area contributed by atoms with Gasteiger partial charge in [-0.25, -0.2) is 35.1 Å². The van der Waals surface area contributed by atoms with E-state index in [2.05, 4.69) is 0 Å². The van der Waals surface area contributed by atoms with E-state index in [9.17, 15) is 25.6 Å². The molecule has 0 aromatic heterocycles. The summed E-state index contributed by atoms with van der Waals surface area (Å²) < 4.78 is 79.4. The molecule has 0 amide bonds. The highest BCUT2D eigenvalue weighted by Gasteiger charge is 2.21. The van der Waals surface area contributed by atoms with Gasteiger partial charge in [-0.2, -0.15) is 0 Å². The molecule has 0 spiro atoms. The zero-order chi connectivity index (χ0) is 19.5. The first-order valence-corrected chi connectivity index (χ1v) is 10.6. The number of sulfonamides is 2. The molecule has 2 aromatic carbocycles. The summed E-state index contributed by atoms with van der Waals surface area (Å²) in [5.74, 6) is -2.09. The summed E-state index contributed by atoms with van der Waals surface area (Å²) in [5, 5.41) is 0.0541. The Hall–Kier alpha value is -1.30. The maximum Gasteiger partial charge on any atom is 0.243 e. The van der Waals surface area contributed by atoms with E-state index in [-0.39, 0.29) is 10.0 Å². The average Bonchev–Trinajstić information content (AvgIpc) is 2.51. The highest BCUT2D eigenvalue weighted by Crippen LogP contribution is 2.19. The Kier molecular flexibility index (Phi) is 6.59. The van der Waals surface area contributed by atoms with Gasteiger partial charge in [0.2, 0.25) is 20.0 Å². The van der Waals surface area contributed by atoms with Gasteiger partial charge in [-0.15, -0.1) is 0 Å². The molecule has 2 aromatic rings. The third kappa shape index (κ3) is 5.12. The molecule has 0 aliphatic rings. The Morgan fingerprint density at radius 3 is 1.38 bits per heavy atom. The van der Waals surface area contributed by atoms with Crippen LogP contribution in [0.3, 0.4) is 0 Å². The van der Waals surface area contributed by atoms with Gasteiger partial charge in [0.05, 0.1) is 0 Å². The van der Waals surface area contributed by atoms with E-state index in [0.29, 0.717) is 0 Å². The maximum absolute atomic E-state index is 13.7. The molecule has 0 aliphatic heterocycles. The van der Waals surface area contributed by atoms with Crippen LogP contribution in [0, 0.1) is 11.6 Å². The monoisotopic (exact) mass is 444 g/mol. The summed E-state index contributed by atoms with van der Waals surface area (Å²) >= 11 is 11.1. The number of nitrogens with one attached hydrogen (secondary N) is 2. The molecule has 26 heavy (non-hydrogen) atoms. The van der Waals surface area contributed by atoms with Crippen molar-refractivity contribution in [2.45, 2.75) is 9.79 Å². The molecule has 0 fully saturated rings. The predicted octanol–water partition coefficient (Wildman–Crippen LogP) is 2.53. The van der Waals surface area contributed by atoms with Crippen LogP contribution in [0.1, 0.15) is 0 Å². The van der Waals surface area contributed by atoms with Gasteiger partial charge in [-0.05, 0) is 36.4 Å². The van der Waals surface area contributed by atoms with Crippen molar-refractivity contribution in [3.8, 4) is 0 Å². The molecule has 12 heteroatoms. The summed E-state index contributed by atoms with van der Waals surface area (Å²) in [6.07, 6.45) is 0. The van der Waals surface area contributed by atoms with Crippen molar-refractivity contribution >= 4 is 43.2 Å². The van der Waals surface area contributed by atoms with Gasteiger partial charge < -0.3 is 0 Å². The summed E-state index contributed by atoms with van der Waals surface area (Å²) in [6.45, 7) is -0.780. The average molecular weight is 445 g/mol. The summed E-state index contributed by atoms with van der Waals surface area (Å²) in [7, 11) is -8.43. The van der Waals surface area contributed by atoms with Crippen LogP contribution in [0.2, 0.25) is 10.0 Å². The lowest BCUT2D eigenvalue weighted by atomic mass is 10.3. The van der Waals surface area contributed by atoms with Crippen molar-refractivity contribution < 1.29 is 25.6 Å². The Morgan fingerprint density at radius 2 is 1.08 bits per heavy atom. The van der Waals surface area contributed by atoms with Crippen molar-refractivity contribution in [2.75, 3.05) is 13.1 Å². The first-order valence-electron chi connectivity index (χ1n) is 6.92. The maximum atomic E-state index is 13.7. The van der Waals surface area contributed by atoms with Crippen molar-refractivity contribution in [3.63, 3.8) is 0 Å². The van der Waals surface area contributed by atoms with Crippen LogP contribution in [0.15, 0.2) is 46.2 Å². The van der Waals surface area contributed by atoms with E-state index in [1.165, 1.54) is 12.1 Å². The fourth-order valence-corrected chi connectivity index (χ4v) is 4.41. The smallest absolute Gasteiger partial charge is 0.210 e. The number of hydrogen-bond donors (Lipinski definition) is 2. The molecular formula is C14H12Cl2F2N2O4S2. The molecule has 0 aliphatic carbocycles.